The Kier molecular flexibility index (Phi) is 3.96. The first-order valence-corrected chi connectivity index (χ1v) is 5.82. The molecule has 102 valence electrons. The van der Waals surface area contributed by atoms with Crippen molar-refractivity contribution in [2.45, 2.75) is 25.0 Å². The maximum atomic E-state index is 10.6. The molecule has 2 rings (SSSR count). The average molecular weight is 267 g/mol. The normalized spacial score (nSPS) is 22.7. The summed E-state index contributed by atoms with van der Waals surface area (Å²) < 4.78 is 10.3. The van der Waals surface area contributed by atoms with Crippen molar-refractivity contribution in [1.29, 1.82) is 0 Å². The van der Waals surface area contributed by atoms with E-state index in [0.29, 0.717) is 19.4 Å². The van der Waals surface area contributed by atoms with Crippen molar-refractivity contribution in [2.75, 3.05) is 6.61 Å². The van der Waals surface area contributed by atoms with Crippen molar-refractivity contribution in [2.24, 2.45) is 0 Å². The maximum absolute atomic E-state index is 10.6. The van der Waals surface area contributed by atoms with Crippen LogP contribution in [0.4, 0.5) is 10.5 Å². The van der Waals surface area contributed by atoms with Gasteiger partial charge in [0, 0.05) is 25.0 Å². The Hall–Kier alpha value is -2.15. The minimum atomic E-state index is -1.30. The fraction of sp³-hybridized carbons (Fsp3) is 0.417. The molecule has 2 unspecified atom stereocenters. The van der Waals surface area contributed by atoms with Gasteiger partial charge in [-0.2, -0.15) is 0 Å². The first-order chi connectivity index (χ1) is 9.06. The molecule has 1 heterocycles. The molecular weight excluding hydrogens is 254 g/mol. The van der Waals surface area contributed by atoms with E-state index in [1.165, 1.54) is 12.1 Å². The Morgan fingerprint density at radius 3 is 2.68 bits per heavy atom. The quantitative estimate of drug-likeness (QED) is 0.513. The molecule has 7 heteroatoms. The predicted molar refractivity (Wildman–Crippen MR) is 63.9 cm³/mol. The van der Waals surface area contributed by atoms with Crippen molar-refractivity contribution in [3.05, 3.63) is 39.9 Å². The summed E-state index contributed by atoms with van der Waals surface area (Å²) in [6, 6.07) is 6.04. The summed E-state index contributed by atoms with van der Waals surface area (Å²) in [6.45, 7) is 0.402. The number of nitrogens with zero attached hydrogens (tertiary/aromatic N) is 1. The second kappa shape index (κ2) is 5.66. The lowest BCUT2D eigenvalue weighted by Crippen LogP contribution is -2.27. The fourth-order valence-electron chi connectivity index (χ4n) is 2.06. The van der Waals surface area contributed by atoms with Gasteiger partial charge in [0.15, 0.2) is 0 Å². The lowest BCUT2D eigenvalue weighted by molar-refractivity contribution is -0.384. The maximum Gasteiger partial charge on any atom is 0.506 e. The second-order valence-corrected chi connectivity index (χ2v) is 4.24. The molecule has 0 saturated carbocycles. The van der Waals surface area contributed by atoms with Crippen molar-refractivity contribution >= 4 is 11.8 Å². The minimum absolute atomic E-state index is 0.0119. The van der Waals surface area contributed by atoms with E-state index in [-0.39, 0.29) is 11.8 Å². The number of benzene rings is 1. The van der Waals surface area contributed by atoms with Crippen molar-refractivity contribution in [3.63, 3.8) is 0 Å². The van der Waals surface area contributed by atoms with Gasteiger partial charge in [-0.15, -0.1) is 0 Å². The van der Waals surface area contributed by atoms with E-state index in [1.807, 2.05) is 0 Å². The van der Waals surface area contributed by atoms with Crippen molar-refractivity contribution in [1.82, 2.24) is 0 Å². The van der Waals surface area contributed by atoms with Crippen molar-refractivity contribution < 1.29 is 24.3 Å². The first kappa shape index (κ1) is 13.3. The van der Waals surface area contributed by atoms with Gasteiger partial charge < -0.3 is 14.6 Å². The Morgan fingerprint density at radius 1 is 1.42 bits per heavy atom. The number of ether oxygens (including phenoxy) is 2. The van der Waals surface area contributed by atoms with Crippen LogP contribution in [0.25, 0.3) is 0 Å². The van der Waals surface area contributed by atoms with E-state index in [4.69, 9.17) is 14.6 Å². The zero-order valence-electron chi connectivity index (χ0n) is 10.0. The second-order valence-electron chi connectivity index (χ2n) is 4.24. The molecule has 7 nitrogen and oxygen atoms in total. The number of hydrogen-bond donors (Lipinski definition) is 1. The van der Waals surface area contributed by atoms with Gasteiger partial charge in [-0.05, 0) is 17.7 Å². The largest absolute Gasteiger partial charge is 0.506 e. The smallest absolute Gasteiger partial charge is 0.450 e. The zero-order chi connectivity index (χ0) is 13.8. The number of non-ortho nitro benzene ring substituents is 1. The highest BCUT2D eigenvalue weighted by molar-refractivity contribution is 5.57. The Balaban J connectivity index is 2.04. The molecule has 2 atom stereocenters. The standard InChI is InChI=1S/C12H13NO6/c14-12(15)19-10-5-6-18-11(7-10)8-1-3-9(4-2-8)13(16)17/h1-4,10-11H,5-7H2,(H,14,15). The molecule has 0 aliphatic carbocycles. The van der Waals surface area contributed by atoms with E-state index >= 15 is 0 Å². The van der Waals surface area contributed by atoms with E-state index in [9.17, 15) is 14.9 Å². The van der Waals surface area contributed by atoms with Crippen LogP contribution < -0.4 is 0 Å². The molecular formula is C12H13NO6. The Morgan fingerprint density at radius 2 is 2.11 bits per heavy atom. The zero-order valence-corrected chi connectivity index (χ0v) is 10.0. The van der Waals surface area contributed by atoms with Gasteiger partial charge in [0.25, 0.3) is 5.69 Å². The number of rotatable bonds is 3. The van der Waals surface area contributed by atoms with Crippen LogP contribution in [0.1, 0.15) is 24.5 Å². The van der Waals surface area contributed by atoms with Crippen molar-refractivity contribution in [3.8, 4) is 0 Å². The summed E-state index contributed by atoms with van der Waals surface area (Å²) in [5.74, 6) is 0. The van der Waals surface area contributed by atoms with E-state index < -0.39 is 17.2 Å². The summed E-state index contributed by atoms with van der Waals surface area (Å²) in [5.41, 5.74) is 0.794. The molecule has 0 aromatic heterocycles. The van der Waals surface area contributed by atoms with Crippen LogP contribution in [0.2, 0.25) is 0 Å². The topological polar surface area (TPSA) is 98.9 Å². The molecule has 0 radical (unpaired) electrons. The van der Waals surface area contributed by atoms with Crippen LogP contribution in [0.5, 0.6) is 0 Å². The Bertz CT molecular complexity index is 472. The molecule has 0 bridgehead atoms. The number of carbonyl (C=O) groups is 1. The highest BCUT2D eigenvalue weighted by Gasteiger charge is 2.26. The van der Waals surface area contributed by atoms with Crippen LogP contribution in [-0.4, -0.2) is 28.9 Å². The van der Waals surface area contributed by atoms with E-state index in [0.717, 1.165) is 5.56 Å². The summed E-state index contributed by atoms with van der Waals surface area (Å²) >= 11 is 0. The number of nitro groups is 1. The molecule has 1 saturated heterocycles. The molecule has 19 heavy (non-hydrogen) atoms. The number of hydrogen-bond acceptors (Lipinski definition) is 5. The summed E-state index contributed by atoms with van der Waals surface area (Å²) in [6.07, 6.45) is -1.04. The third kappa shape index (κ3) is 3.41. The van der Waals surface area contributed by atoms with Crippen LogP contribution in [0, 0.1) is 10.1 Å². The molecule has 1 N–H and O–H groups in total. The van der Waals surface area contributed by atoms with Gasteiger partial charge in [-0.3, -0.25) is 10.1 Å². The summed E-state index contributed by atoms with van der Waals surface area (Å²) in [4.78, 5) is 20.6. The lowest BCUT2D eigenvalue weighted by atomic mass is 9.99. The van der Waals surface area contributed by atoms with Crippen LogP contribution in [-0.2, 0) is 9.47 Å². The number of carboxylic acid groups (broad SMARTS) is 1. The molecule has 0 amide bonds. The SMILES string of the molecule is O=C(O)OC1CCOC(c2ccc([N+](=O)[O-])cc2)C1. The third-order valence-corrected chi connectivity index (χ3v) is 2.98. The highest BCUT2D eigenvalue weighted by Crippen LogP contribution is 2.30. The predicted octanol–water partition coefficient (Wildman–Crippen LogP) is 2.51. The van der Waals surface area contributed by atoms with Crippen LogP contribution >= 0.6 is 0 Å². The average Bonchev–Trinajstić information content (AvgIpc) is 2.38. The molecule has 1 aromatic rings. The van der Waals surface area contributed by atoms with Gasteiger partial charge in [0.05, 0.1) is 17.6 Å². The molecule has 0 spiro atoms. The monoisotopic (exact) mass is 267 g/mol. The Labute approximate surface area is 108 Å². The van der Waals surface area contributed by atoms with Gasteiger partial charge >= 0.3 is 6.16 Å². The van der Waals surface area contributed by atoms with Crippen LogP contribution in [0.15, 0.2) is 24.3 Å². The van der Waals surface area contributed by atoms with E-state index in [2.05, 4.69) is 0 Å². The minimum Gasteiger partial charge on any atom is -0.450 e. The fourth-order valence-corrected chi connectivity index (χ4v) is 2.06. The van der Waals surface area contributed by atoms with Gasteiger partial charge in [-0.25, -0.2) is 4.79 Å². The van der Waals surface area contributed by atoms with E-state index in [1.54, 1.807) is 12.1 Å². The highest BCUT2D eigenvalue weighted by atomic mass is 16.7. The molecule has 1 aliphatic rings. The number of nitro benzene ring substituents is 1. The van der Waals surface area contributed by atoms with Gasteiger partial charge in [-0.1, -0.05) is 0 Å². The molecule has 1 fully saturated rings. The third-order valence-electron chi connectivity index (χ3n) is 2.98. The summed E-state index contributed by atoms with van der Waals surface area (Å²) in [7, 11) is 0. The first-order valence-electron chi connectivity index (χ1n) is 5.82. The molecule has 1 aliphatic heterocycles. The lowest BCUT2D eigenvalue weighted by Gasteiger charge is -2.28. The van der Waals surface area contributed by atoms with Gasteiger partial charge in [0.2, 0.25) is 0 Å². The molecule has 1 aromatic carbocycles. The summed E-state index contributed by atoms with van der Waals surface area (Å²) in [5, 5.41) is 19.1. The van der Waals surface area contributed by atoms with Gasteiger partial charge in [0.1, 0.15) is 6.10 Å². The van der Waals surface area contributed by atoms with Crippen LogP contribution in [0.3, 0.4) is 0 Å².